The van der Waals surface area contributed by atoms with E-state index in [2.05, 4.69) is 14.8 Å². The molecule has 0 saturated carbocycles. The summed E-state index contributed by atoms with van der Waals surface area (Å²) < 4.78 is -1.77. The van der Waals surface area contributed by atoms with Crippen molar-refractivity contribution in [1.82, 2.24) is 0 Å². The predicted octanol–water partition coefficient (Wildman–Crippen LogP) is 2.27. The maximum Gasteiger partial charge on any atom is 0.373 e. The van der Waals surface area contributed by atoms with Gasteiger partial charge >= 0.3 is 5.97 Å². The molecule has 2 unspecified atom stereocenters. The van der Waals surface area contributed by atoms with E-state index in [0.29, 0.717) is 5.56 Å². The summed E-state index contributed by atoms with van der Waals surface area (Å²) in [6.07, 6.45) is -0.488. The van der Waals surface area contributed by atoms with E-state index in [9.17, 15) is 14.7 Å². The molecule has 0 saturated heterocycles. The summed E-state index contributed by atoms with van der Waals surface area (Å²) in [7, 11) is 0. The van der Waals surface area contributed by atoms with E-state index >= 15 is 0 Å². The molecule has 1 rings (SSSR count). The van der Waals surface area contributed by atoms with Gasteiger partial charge in [-0.2, -0.15) is 9.88 Å². The van der Waals surface area contributed by atoms with Gasteiger partial charge in [0.05, 0.1) is 0 Å². The van der Waals surface area contributed by atoms with Crippen molar-refractivity contribution in [3.8, 4) is 0 Å². The molecule has 1 N–H and O–H groups in total. The largest absolute Gasteiger partial charge is 0.379 e. The van der Waals surface area contributed by atoms with Gasteiger partial charge in [0.2, 0.25) is 9.87 Å². The monoisotopic (exact) mass is 353 g/mol. The van der Waals surface area contributed by atoms with Gasteiger partial charge in [-0.3, -0.25) is 4.89 Å². The smallest absolute Gasteiger partial charge is 0.373 e. The lowest BCUT2D eigenvalue weighted by molar-refractivity contribution is -0.278. The first-order chi connectivity index (χ1) is 9.85. The summed E-state index contributed by atoms with van der Waals surface area (Å²) in [5.41, 5.74) is 0.423. The van der Waals surface area contributed by atoms with Crippen molar-refractivity contribution < 1.29 is 24.5 Å². The summed E-state index contributed by atoms with van der Waals surface area (Å²) in [4.78, 5) is 34.1. The quantitative estimate of drug-likeness (QED) is 0.278. The van der Waals surface area contributed by atoms with Crippen LogP contribution in [0.3, 0.4) is 0 Å². The number of carbonyl (C=O) groups excluding carboxylic acids is 2. The molecule has 0 aliphatic rings. The molecular weight excluding hydrogens is 344 g/mol. The van der Waals surface area contributed by atoms with Crippen LogP contribution >= 0.6 is 34.8 Å². The average molecular weight is 355 g/mol. The molecule has 114 valence electrons. The van der Waals surface area contributed by atoms with Gasteiger partial charge in [0.1, 0.15) is 12.6 Å². The number of rotatable bonds is 6. The van der Waals surface area contributed by atoms with Crippen molar-refractivity contribution in [3.05, 3.63) is 35.9 Å². The minimum absolute atomic E-state index is 0.423. The van der Waals surface area contributed by atoms with E-state index in [-0.39, 0.29) is 0 Å². The number of benzene rings is 1. The number of carbonyl (C=O) groups is 1. The van der Waals surface area contributed by atoms with Crippen LogP contribution in [0, 0.1) is 0 Å². The minimum Gasteiger partial charge on any atom is -0.379 e. The first-order valence-corrected chi connectivity index (χ1v) is 6.68. The van der Waals surface area contributed by atoms with E-state index in [4.69, 9.17) is 34.8 Å². The van der Waals surface area contributed by atoms with Crippen molar-refractivity contribution in [1.29, 1.82) is 0 Å². The zero-order valence-electron chi connectivity index (χ0n) is 10.4. The van der Waals surface area contributed by atoms with Crippen LogP contribution in [-0.2, 0) is 19.4 Å². The molecule has 0 heterocycles. The van der Waals surface area contributed by atoms with Gasteiger partial charge in [-0.05, 0) is 5.56 Å². The van der Waals surface area contributed by atoms with Crippen LogP contribution in [-0.4, -0.2) is 33.7 Å². The van der Waals surface area contributed by atoms with Crippen molar-refractivity contribution in [2.24, 2.45) is 4.99 Å². The Morgan fingerprint density at radius 2 is 1.95 bits per heavy atom. The molecule has 9 heteroatoms. The van der Waals surface area contributed by atoms with Crippen molar-refractivity contribution in [2.45, 2.75) is 15.9 Å². The minimum atomic E-state index is -1.77. The van der Waals surface area contributed by atoms with Crippen LogP contribution in [0.25, 0.3) is 0 Å². The number of aliphatic hydroxyl groups excluding tert-OH is 1. The zero-order chi connectivity index (χ0) is 15.9. The van der Waals surface area contributed by atoms with E-state index < -0.39 is 28.5 Å². The Hall–Kier alpha value is -1.14. The molecular formula is C12H10Cl3NO5. The number of hydrogen-bond acceptors (Lipinski definition) is 6. The van der Waals surface area contributed by atoms with E-state index in [1.807, 2.05) is 0 Å². The molecule has 0 aliphatic heterocycles. The Bertz CT molecular complexity index is 513. The van der Waals surface area contributed by atoms with E-state index in [1.165, 1.54) is 6.08 Å². The van der Waals surface area contributed by atoms with Crippen molar-refractivity contribution in [3.63, 3.8) is 0 Å². The third-order valence-electron chi connectivity index (χ3n) is 2.24. The Morgan fingerprint density at radius 1 is 1.33 bits per heavy atom. The summed E-state index contributed by atoms with van der Waals surface area (Å²) in [5, 5.41) is 9.87. The normalized spacial score (nSPS) is 13.9. The molecule has 0 fully saturated rings. The van der Waals surface area contributed by atoms with Gasteiger partial charge in [0.25, 0.3) is 0 Å². The molecule has 0 spiro atoms. The highest BCUT2D eigenvalue weighted by Crippen LogP contribution is 2.26. The van der Waals surface area contributed by atoms with Crippen molar-refractivity contribution >= 4 is 46.9 Å². The first-order valence-electron chi connectivity index (χ1n) is 5.55. The Balaban J connectivity index is 2.71. The van der Waals surface area contributed by atoms with Gasteiger partial charge in [0, 0.05) is 0 Å². The second-order valence-electron chi connectivity index (χ2n) is 3.80. The van der Waals surface area contributed by atoms with Crippen LogP contribution in [0.5, 0.6) is 0 Å². The number of halogens is 3. The fraction of sp³-hybridized carbons (Fsp3) is 0.333. The Kier molecular flexibility index (Phi) is 7.11. The first kappa shape index (κ1) is 17.9. The molecule has 6 nitrogen and oxygen atoms in total. The molecule has 2 atom stereocenters. The number of aliphatic imine (C=N–C) groups is 1. The molecule has 0 amide bonds. The maximum absolute atomic E-state index is 11.6. The fourth-order valence-corrected chi connectivity index (χ4v) is 1.50. The molecule has 1 aromatic rings. The second-order valence-corrected chi connectivity index (χ2v) is 6.32. The highest BCUT2D eigenvalue weighted by Gasteiger charge is 2.31. The van der Waals surface area contributed by atoms with Crippen LogP contribution in [0.15, 0.2) is 35.3 Å². The lowest BCUT2D eigenvalue weighted by Gasteiger charge is -2.17. The highest BCUT2D eigenvalue weighted by atomic mass is 35.6. The standard InChI is InChI=1S/C12H10Cl3NO5/c13-12(14,15)6-20-21-11(19)10(18)9(16-7-17)8-4-2-1-3-5-8/h1-5,9-10,18H,6H2. The molecule has 0 bridgehead atoms. The van der Waals surface area contributed by atoms with Gasteiger partial charge < -0.3 is 5.11 Å². The summed E-state index contributed by atoms with van der Waals surface area (Å²) in [5.74, 6) is -1.18. The number of aliphatic hydroxyl groups is 1. The fourth-order valence-electron chi connectivity index (χ4n) is 1.37. The lowest BCUT2D eigenvalue weighted by atomic mass is 10.0. The molecule has 21 heavy (non-hydrogen) atoms. The van der Waals surface area contributed by atoms with Crippen molar-refractivity contribution in [2.75, 3.05) is 6.61 Å². The SMILES string of the molecule is O=C=NC(c1ccccc1)C(O)C(=O)OOCC(Cl)(Cl)Cl. The number of nitrogens with zero attached hydrogens (tertiary/aromatic N) is 1. The second kappa shape index (κ2) is 8.34. The predicted molar refractivity (Wildman–Crippen MR) is 75.6 cm³/mol. The molecule has 0 radical (unpaired) electrons. The maximum atomic E-state index is 11.6. The average Bonchev–Trinajstić information content (AvgIpc) is 2.43. The number of isocyanates is 1. The molecule has 1 aromatic carbocycles. The Labute approximate surface area is 135 Å². The van der Waals surface area contributed by atoms with E-state index in [1.54, 1.807) is 30.3 Å². The van der Waals surface area contributed by atoms with E-state index in [0.717, 1.165) is 0 Å². The van der Waals surface area contributed by atoms with Gasteiger partial charge in [-0.1, -0.05) is 65.1 Å². The third kappa shape index (κ3) is 6.44. The van der Waals surface area contributed by atoms with Gasteiger partial charge in [-0.25, -0.2) is 9.59 Å². The highest BCUT2D eigenvalue weighted by molar-refractivity contribution is 6.67. The van der Waals surface area contributed by atoms with Gasteiger partial charge in [-0.15, -0.1) is 0 Å². The summed E-state index contributed by atoms with van der Waals surface area (Å²) in [6, 6.07) is 7.00. The molecule has 0 aromatic heterocycles. The van der Waals surface area contributed by atoms with Crippen LogP contribution in [0.1, 0.15) is 11.6 Å². The van der Waals surface area contributed by atoms with Crippen LogP contribution < -0.4 is 0 Å². The van der Waals surface area contributed by atoms with Crippen LogP contribution in [0.4, 0.5) is 0 Å². The zero-order valence-corrected chi connectivity index (χ0v) is 12.7. The lowest BCUT2D eigenvalue weighted by Crippen LogP contribution is -2.30. The summed E-state index contributed by atoms with van der Waals surface area (Å²) in [6.45, 7) is -0.525. The topological polar surface area (TPSA) is 85.2 Å². The number of alkyl halides is 3. The van der Waals surface area contributed by atoms with Crippen LogP contribution in [0.2, 0.25) is 0 Å². The summed E-state index contributed by atoms with van der Waals surface area (Å²) >= 11 is 16.2. The van der Waals surface area contributed by atoms with Gasteiger partial charge in [0.15, 0.2) is 6.10 Å². The Morgan fingerprint density at radius 3 is 2.48 bits per heavy atom. The molecule has 0 aliphatic carbocycles. The third-order valence-corrected chi connectivity index (χ3v) is 2.56. The number of hydrogen-bond donors (Lipinski definition) is 1.